The molecule has 1 aliphatic heterocycles. The van der Waals surface area contributed by atoms with Crippen LogP contribution in [0.1, 0.15) is 161 Å². The van der Waals surface area contributed by atoms with Crippen LogP contribution in [0.15, 0.2) is 0 Å². The predicted octanol–water partition coefficient (Wildman–Crippen LogP) is 9.73. The lowest BCUT2D eigenvalue weighted by Gasteiger charge is -2.40. The molecule has 0 radical (unpaired) electrons. The molecule has 1 saturated heterocycles. The zero-order valence-corrected chi connectivity index (χ0v) is 24.4. The van der Waals surface area contributed by atoms with Crippen LogP contribution in [0, 0.1) is 5.92 Å². The van der Waals surface area contributed by atoms with E-state index in [-0.39, 0.29) is 6.29 Å². The van der Waals surface area contributed by atoms with Gasteiger partial charge in [-0.1, -0.05) is 122 Å². The van der Waals surface area contributed by atoms with Gasteiger partial charge in [-0.15, -0.1) is 0 Å². The van der Waals surface area contributed by atoms with Crippen molar-refractivity contribution in [3.8, 4) is 0 Å². The van der Waals surface area contributed by atoms with Crippen LogP contribution in [0.25, 0.3) is 0 Å². The van der Waals surface area contributed by atoms with Crippen molar-refractivity contribution in [1.29, 1.82) is 0 Å². The summed E-state index contributed by atoms with van der Waals surface area (Å²) >= 11 is 0. The van der Waals surface area contributed by atoms with E-state index in [2.05, 4.69) is 0 Å². The van der Waals surface area contributed by atoms with Crippen LogP contribution in [-0.4, -0.2) is 39.5 Å². The van der Waals surface area contributed by atoms with Crippen LogP contribution in [0.2, 0.25) is 0 Å². The van der Waals surface area contributed by atoms with Crippen molar-refractivity contribution in [2.24, 2.45) is 5.92 Å². The Labute approximate surface area is 224 Å². The molecule has 0 amide bonds. The Morgan fingerprint density at radius 3 is 1.36 bits per heavy atom. The average molecular weight is 511 g/mol. The Morgan fingerprint density at radius 1 is 0.500 bits per heavy atom. The van der Waals surface area contributed by atoms with Gasteiger partial charge in [0.05, 0.1) is 13.2 Å². The summed E-state index contributed by atoms with van der Waals surface area (Å²) in [7, 11) is 3.66. The fourth-order valence-electron chi connectivity index (χ4n) is 6.44. The maximum atomic E-state index is 6.71. The molecule has 4 nitrogen and oxygen atoms in total. The molecule has 0 spiro atoms. The summed E-state index contributed by atoms with van der Waals surface area (Å²) in [4.78, 5) is 0. The van der Waals surface area contributed by atoms with Gasteiger partial charge in [0.25, 0.3) is 0 Å². The van der Waals surface area contributed by atoms with E-state index >= 15 is 0 Å². The molecule has 1 aliphatic carbocycles. The SMILES string of the molecule is COC1CCCCCCCCCCC(OC)(C2CCCCCCCCCCCCCCC2)OCCO1. The van der Waals surface area contributed by atoms with E-state index in [9.17, 15) is 0 Å². The molecule has 0 aromatic heterocycles. The molecule has 1 saturated carbocycles. The van der Waals surface area contributed by atoms with E-state index in [1.165, 1.54) is 148 Å². The van der Waals surface area contributed by atoms with Gasteiger partial charge in [-0.05, 0) is 32.1 Å². The van der Waals surface area contributed by atoms with Crippen LogP contribution in [-0.2, 0) is 18.9 Å². The van der Waals surface area contributed by atoms with E-state index in [4.69, 9.17) is 18.9 Å². The summed E-state index contributed by atoms with van der Waals surface area (Å²) in [5.41, 5.74) is 0. The van der Waals surface area contributed by atoms with Gasteiger partial charge in [0, 0.05) is 26.6 Å². The molecule has 0 aromatic carbocycles. The molecule has 0 N–H and O–H groups in total. The summed E-state index contributed by atoms with van der Waals surface area (Å²) in [5, 5.41) is 0. The standard InChI is InChI=1S/C32H62O4/c1-33-31-26-22-18-14-10-11-15-19-23-27-32(34-2,36-29-28-35-31)30-24-20-16-12-8-6-4-3-5-7-9-13-17-21-25-30/h30-31H,3-29H2,1-2H3. The Morgan fingerprint density at radius 2 is 0.917 bits per heavy atom. The second-order valence-corrected chi connectivity index (χ2v) is 11.6. The van der Waals surface area contributed by atoms with Gasteiger partial charge in [-0.2, -0.15) is 0 Å². The summed E-state index contributed by atoms with van der Waals surface area (Å²) in [6, 6.07) is 0. The number of ether oxygens (including phenoxy) is 4. The third-order valence-corrected chi connectivity index (χ3v) is 8.78. The Kier molecular flexibility index (Phi) is 19.4. The first-order valence-corrected chi connectivity index (χ1v) is 16.1. The maximum Gasteiger partial charge on any atom is 0.170 e. The van der Waals surface area contributed by atoms with E-state index in [0.29, 0.717) is 19.1 Å². The number of rotatable bonds is 3. The molecular formula is C32H62O4. The highest BCUT2D eigenvalue weighted by atomic mass is 16.7. The van der Waals surface area contributed by atoms with Gasteiger partial charge in [0.2, 0.25) is 0 Å². The van der Waals surface area contributed by atoms with Gasteiger partial charge in [-0.3, -0.25) is 0 Å². The molecule has 2 rings (SSSR count). The van der Waals surface area contributed by atoms with Crippen molar-refractivity contribution in [3.05, 3.63) is 0 Å². The molecule has 2 fully saturated rings. The van der Waals surface area contributed by atoms with Crippen LogP contribution >= 0.6 is 0 Å². The molecule has 2 unspecified atom stereocenters. The minimum absolute atomic E-state index is 0.110. The smallest absolute Gasteiger partial charge is 0.170 e. The topological polar surface area (TPSA) is 36.9 Å². The Balaban J connectivity index is 2.02. The zero-order chi connectivity index (χ0) is 25.6. The molecular weight excluding hydrogens is 448 g/mol. The highest BCUT2D eigenvalue weighted by molar-refractivity contribution is 4.81. The number of hydrogen-bond donors (Lipinski definition) is 0. The van der Waals surface area contributed by atoms with Crippen molar-refractivity contribution >= 4 is 0 Å². The fraction of sp³-hybridized carbons (Fsp3) is 1.00. The van der Waals surface area contributed by atoms with Crippen molar-refractivity contribution < 1.29 is 18.9 Å². The van der Waals surface area contributed by atoms with E-state index < -0.39 is 5.79 Å². The largest absolute Gasteiger partial charge is 0.356 e. The molecule has 36 heavy (non-hydrogen) atoms. The van der Waals surface area contributed by atoms with Gasteiger partial charge >= 0.3 is 0 Å². The van der Waals surface area contributed by atoms with Crippen molar-refractivity contribution in [1.82, 2.24) is 0 Å². The van der Waals surface area contributed by atoms with Gasteiger partial charge in [-0.25, -0.2) is 0 Å². The molecule has 4 heteroatoms. The first-order valence-electron chi connectivity index (χ1n) is 16.1. The molecule has 1 heterocycles. The Hall–Kier alpha value is -0.160. The van der Waals surface area contributed by atoms with Gasteiger partial charge in [0.15, 0.2) is 12.1 Å². The summed E-state index contributed by atoms with van der Waals surface area (Å²) < 4.78 is 24.8. The molecule has 2 aliphatic rings. The quantitative estimate of drug-likeness (QED) is 0.378. The van der Waals surface area contributed by atoms with Crippen molar-refractivity contribution in [2.45, 2.75) is 173 Å². The zero-order valence-electron chi connectivity index (χ0n) is 24.4. The molecule has 2 atom stereocenters. The first kappa shape index (κ1) is 32.1. The summed E-state index contributed by atoms with van der Waals surface area (Å²) in [6.45, 7) is 1.17. The van der Waals surface area contributed by atoms with E-state index in [1.807, 2.05) is 7.11 Å². The molecule has 0 bridgehead atoms. The van der Waals surface area contributed by atoms with Crippen molar-refractivity contribution in [2.75, 3.05) is 27.4 Å². The predicted molar refractivity (Wildman–Crippen MR) is 151 cm³/mol. The Bertz CT molecular complexity index is 469. The highest BCUT2D eigenvalue weighted by Crippen LogP contribution is 2.37. The normalized spacial score (nSPS) is 30.0. The lowest BCUT2D eigenvalue weighted by Crippen LogP contribution is -2.44. The number of hydrogen-bond acceptors (Lipinski definition) is 4. The minimum Gasteiger partial charge on any atom is -0.356 e. The summed E-state index contributed by atoms with van der Waals surface area (Å²) in [5.74, 6) is 0.0153. The summed E-state index contributed by atoms with van der Waals surface area (Å²) in [6.07, 6.45) is 32.8. The highest BCUT2D eigenvalue weighted by Gasteiger charge is 2.39. The lowest BCUT2D eigenvalue weighted by molar-refractivity contribution is -0.270. The second kappa shape index (κ2) is 21.7. The van der Waals surface area contributed by atoms with Gasteiger partial charge in [0.1, 0.15) is 0 Å². The maximum absolute atomic E-state index is 6.71. The van der Waals surface area contributed by atoms with Crippen molar-refractivity contribution in [3.63, 3.8) is 0 Å². The van der Waals surface area contributed by atoms with E-state index in [1.54, 1.807) is 7.11 Å². The third-order valence-electron chi connectivity index (χ3n) is 8.78. The third kappa shape index (κ3) is 14.1. The van der Waals surface area contributed by atoms with Crippen LogP contribution in [0.5, 0.6) is 0 Å². The lowest BCUT2D eigenvalue weighted by atomic mass is 9.83. The van der Waals surface area contributed by atoms with Gasteiger partial charge < -0.3 is 18.9 Å². The molecule has 214 valence electrons. The van der Waals surface area contributed by atoms with Crippen LogP contribution in [0.3, 0.4) is 0 Å². The van der Waals surface area contributed by atoms with Crippen LogP contribution < -0.4 is 0 Å². The average Bonchev–Trinajstić information content (AvgIpc) is 2.89. The first-order chi connectivity index (χ1) is 17.8. The molecule has 0 aromatic rings. The second-order valence-electron chi connectivity index (χ2n) is 11.6. The van der Waals surface area contributed by atoms with E-state index in [0.717, 1.165) is 12.8 Å². The van der Waals surface area contributed by atoms with Crippen LogP contribution in [0.4, 0.5) is 0 Å². The monoisotopic (exact) mass is 510 g/mol. The number of methoxy groups -OCH3 is 2. The minimum atomic E-state index is -0.464. The fourth-order valence-corrected chi connectivity index (χ4v) is 6.44.